The number of hydrogen-bond donors (Lipinski definition) is 2. The maximum absolute atomic E-state index is 12.1. The summed E-state index contributed by atoms with van der Waals surface area (Å²) >= 11 is 0. The number of piperidine rings is 1. The first-order chi connectivity index (χ1) is 16.1. The van der Waals surface area contributed by atoms with Crippen LogP contribution in [0.3, 0.4) is 0 Å². The number of methoxy groups -OCH3 is 2. The Morgan fingerprint density at radius 3 is 2.85 bits per heavy atom. The van der Waals surface area contributed by atoms with E-state index in [1.54, 1.807) is 19.6 Å². The van der Waals surface area contributed by atoms with Crippen molar-refractivity contribution in [3.63, 3.8) is 0 Å². The van der Waals surface area contributed by atoms with E-state index < -0.39 is 5.97 Å². The van der Waals surface area contributed by atoms with Crippen LogP contribution in [-0.2, 0) is 16.0 Å². The lowest BCUT2D eigenvalue weighted by atomic mass is 9.74. The molecule has 2 aliphatic heterocycles. The number of carboxylic acid groups (broad SMARTS) is 1. The molecule has 0 radical (unpaired) electrons. The average molecular weight is 451 g/mol. The third kappa shape index (κ3) is 3.51. The van der Waals surface area contributed by atoms with Gasteiger partial charge in [0.1, 0.15) is 5.75 Å². The monoisotopic (exact) mass is 450 g/mol. The van der Waals surface area contributed by atoms with E-state index in [-0.39, 0.29) is 17.9 Å². The minimum absolute atomic E-state index is 0.0682. The molecular formula is C26H30N2O5. The van der Waals surface area contributed by atoms with Crippen LogP contribution in [0.15, 0.2) is 47.0 Å². The first-order valence-corrected chi connectivity index (χ1v) is 11.5. The van der Waals surface area contributed by atoms with Crippen LogP contribution in [0.4, 0.5) is 0 Å². The SMILES string of the molecule is CC[C@@H]1CN2CCc3c([nH]c4c(-c5ccoc5)ccc(OC)c34)C2C[C@@H]1C(=COC)C(=O)O. The first kappa shape index (κ1) is 21.6. The van der Waals surface area contributed by atoms with Crippen LogP contribution in [0.25, 0.3) is 22.0 Å². The fourth-order valence-corrected chi connectivity index (χ4v) is 5.89. The van der Waals surface area contributed by atoms with Gasteiger partial charge in [-0.1, -0.05) is 13.3 Å². The van der Waals surface area contributed by atoms with Gasteiger partial charge in [0.05, 0.1) is 50.1 Å². The molecule has 7 nitrogen and oxygen atoms in total. The van der Waals surface area contributed by atoms with Crippen molar-refractivity contribution in [3.8, 4) is 16.9 Å². The molecule has 1 fully saturated rings. The van der Waals surface area contributed by atoms with Gasteiger partial charge in [0.25, 0.3) is 0 Å². The summed E-state index contributed by atoms with van der Waals surface area (Å²) in [6, 6.07) is 6.17. The molecule has 0 saturated carbocycles. The Morgan fingerprint density at radius 1 is 1.33 bits per heavy atom. The van der Waals surface area contributed by atoms with E-state index in [0.717, 1.165) is 60.1 Å². The van der Waals surface area contributed by atoms with Crippen molar-refractivity contribution in [2.45, 2.75) is 32.2 Å². The smallest absolute Gasteiger partial charge is 0.334 e. The van der Waals surface area contributed by atoms with E-state index in [4.69, 9.17) is 13.9 Å². The fraction of sp³-hybridized carbons (Fsp3) is 0.423. The minimum Gasteiger partial charge on any atom is -0.504 e. The van der Waals surface area contributed by atoms with Crippen molar-refractivity contribution in [1.29, 1.82) is 0 Å². The molecule has 1 unspecified atom stereocenters. The topological polar surface area (TPSA) is 87.9 Å². The normalized spacial score (nSPS) is 23.2. The Morgan fingerprint density at radius 2 is 2.18 bits per heavy atom. The van der Waals surface area contributed by atoms with Gasteiger partial charge in [-0.15, -0.1) is 0 Å². The number of nitrogens with zero attached hydrogens (tertiary/aromatic N) is 1. The molecule has 1 saturated heterocycles. The zero-order valence-electron chi connectivity index (χ0n) is 19.3. The molecule has 7 heteroatoms. The molecule has 0 aliphatic carbocycles. The lowest BCUT2D eigenvalue weighted by molar-refractivity contribution is -0.134. The number of ether oxygens (including phenoxy) is 2. The molecule has 2 N–H and O–H groups in total. The molecule has 2 aliphatic rings. The first-order valence-electron chi connectivity index (χ1n) is 11.5. The quantitative estimate of drug-likeness (QED) is 0.406. The van der Waals surface area contributed by atoms with E-state index in [9.17, 15) is 9.90 Å². The van der Waals surface area contributed by atoms with E-state index >= 15 is 0 Å². The lowest BCUT2D eigenvalue weighted by Gasteiger charge is -2.46. The van der Waals surface area contributed by atoms with Crippen molar-refractivity contribution in [3.05, 3.63) is 53.8 Å². The Labute approximate surface area is 193 Å². The summed E-state index contributed by atoms with van der Waals surface area (Å²) in [5.41, 5.74) is 5.94. The van der Waals surface area contributed by atoms with Gasteiger partial charge in [-0.3, -0.25) is 4.90 Å². The van der Waals surface area contributed by atoms with Crippen LogP contribution in [0.1, 0.15) is 37.1 Å². The number of aromatic nitrogens is 1. The van der Waals surface area contributed by atoms with Gasteiger partial charge in [0.15, 0.2) is 0 Å². The molecule has 0 bridgehead atoms. The second-order valence-corrected chi connectivity index (χ2v) is 8.98. The van der Waals surface area contributed by atoms with Gasteiger partial charge < -0.3 is 24.0 Å². The summed E-state index contributed by atoms with van der Waals surface area (Å²) in [6.45, 7) is 3.97. The van der Waals surface area contributed by atoms with Crippen LogP contribution in [-0.4, -0.2) is 48.3 Å². The molecule has 174 valence electrons. The largest absolute Gasteiger partial charge is 0.504 e. The number of nitrogens with one attached hydrogen (secondary N) is 1. The Balaban J connectivity index is 1.63. The number of rotatable bonds is 6. The highest BCUT2D eigenvalue weighted by molar-refractivity contribution is 6.01. The summed E-state index contributed by atoms with van der Waals surface area (Å²) in [6.07, 6.45) is 7.45. The van der Waals surface area contributed by atoms with Gasteiger partial charge in [-0.2, -0.15) is 0 Å². The second-order valence-electron chi connectivity index (χ2n) is 8.98. The van der Waals surface area contributed by atoms with Crippen LogP contribution in [0.5, 0.6) is 5.75 Å². The fourth-order valence-electron chi connectivity index (χ4n) is 5.89. The zero-order chi connectivity index (χ0) is 23.1. The number of carboxylic acids is 1. The summed E-state index contributed by atoms with van der Waals surface area (Å²) in [5, 5.41) is 11.0. The van der Waals surface area contributed by atoms with Gasteiger partial charge in [-0.05, 0) is 48.4 Å². The van der Waals surface area contributed by atoms with Gasteiger partial charge in [0, 0.05) is 35.3 Å². The number of aromatic amines is 1. The van der Waals surface area contributed by atoms with E-state index in [1.807, 2.05) is 12.1 Å². The van der Waals surface area contributed by atoms with Crippen LogP contribution < -0.4 is 4.74 Å². The van der Waals surface area contributed by atoms with Crippen LogP contribution >= 0.6 is 0 Å². The predicted octanol–water partition coefficient (Wildman–Crippen LogP) is 5.00. The number of aliphatic carboxylic acids is 1. The van der Waals surface area contributed by atoms with E-state index in [1.165, 1.54) is 24.6 Å². The number of carbonyl (C=O) groups is 1. The summed E-state index contributed by atoms with van der Waals surface area (Å²) in [7, 11) is 3.22. The number of fused-ring (bicyclic) bond motifs is 5. The van der Waals surface area contributed by atoms with Crippen molar-refractivity contribution in [1.82, 2.24) is 9.88 Å². The molecule has 1 aromatic carbocycles. The van der Waals surface area contributed by atoms with Crippen molar-refractivity contribution < 1.29 is 23.8 Å². The maximum Gasteiger partial charge on any atom is 0.334 e. The van der Waals surface area contributed by atoms with Crippen LogP contribution in [0.2, 0.25) is 0 Å². The van der Waals surface area contributed by atoms with E-state index in [2.05, 4.69) is 22.9 Å². The molecule has 4 heterocycles. The zero-order valence-corrected chi connectivity index (χ0v) is 19.3. The maximum atomic E-state index is 12.1. The minimum atomic E-state index is -0.898. The lowest BCUT2D eigenvalue weighted by Crippen LogP contribution is -2.46. The van der Waals surface area contributed by atoms with Crippen molar-refractivity contribution in [2.75, 3.05) is 27.3 Å². The number of hydrogen-bond acceptors (Lipinski definition) is 5. The summed E-state index contributed by atoms with van der Waals surface area (Å²) in [5.74, 6) is 0.167. The molecule has 2 aromatic heterocycles. The average Bonchev–Trinajstić information content (AvgIpc) is 3.49. The highest BCUT2D eigenvalue weighted by Crippen LogP contribution is 2.48. The summed E-state index contributed by atoms with van der Waals surface area (Å²) < 4.78 is 16.3. The third-order valence-electron chi connectivity index (χ3n) is 7.46. The standard InChI is InChI=1S/C26H30N2O5/c1-4-15-12-28-9-7-18-23-22(32-3)6-5-17(16-8-10-33-13-16)25(23)27-24(18)21(28)11-19(15)20(14-31-2)26(29)30/h5-6,8,10,13-15,19,21,27H,4,7,9,11-12H2,1-3H3,(H,29,30)/t15-,19+,21?/m1/s1. The number of benzene rings is 1. The number of H-pyrrole nitrogens is 1. The molecule has 3 atom stereocenters. The molecule has 5 rings (SSSR count). The Hall–Kier alpha value is -3.19. The van der Waals surface area contributed by atoms with Crippen LogP contribution in [0, 0.1) is 11.8 Å². The molecule has 0 spiro atoms. The molecule has 0 amide bonds. The highest BCUT2D eigenvalue weighted by atomic mass is 16.5. The molecule has 3 aromatic rings. The summed E-state index contributed by atoms with van der Waals surface area (Å²) in [4.78, 5) is 18.3. The Kier molecular flexibility index (Phi) is 5.66. The second kappa shape index (κ2) is 8.63. The van der Waals surface area contributed by atoms with E-state index in [0.29, 0.717) is 5.57 Å². The van der Waals surface area contributed by atoms with Gasteiger partial charge in [0.2, 0.25) is 0 Å². The highest BCUT2D eigenvalue weighted by Gasteiger charge is 2.42. The molecule has 33 heavy (non-hydrogen) atoms. The number of furan rings is 1. The third-order valence-corrected chi connectivity index (χ3v) is 7.46. The van der Waals surface area contributed by atoms with Crippen molar-refractivity contribution in [2.24, 2.45) is 11.8 Å². The van der Waals surface area contributed by atoms with Gasteiger partial charge in [-0.25, -0.2) is 4.79 Å². The van der Waals surface area contributed by atoms with Crippen molar-refractivity contribution >= 4 is 16.9 Å². The Bertz CT molecular complexity index is 1190. The predicted molar refractivity (Wildman–Crippen MR) is 125 cm³/mol. The molecular weight excluding hydrogens is 420 g/mol. The van der Waals surface area contributed by atoms with Gasteiger partial charge >= 0.3 is 5.97 Å².